The predicted octanol–water partition coefficient (Wildman–Crippen LogP) is 4.99. The van der Waals surface area contributed by atoms with Gasteiger partial charge in [-0.15, -0.1) is 0 Å². The summed E-state index contributed by atoms with van der Waals surface area (Å²) in [6.45, 7) is 7.13. The molecule has 2 aliphatic carbocycles. The standard InChI is InChI=1S/C17H30O/c1-4-5-6-8-13(2)14-10-11-15-16(18)9-7-12-17(14,15)3/h13-15H,4-12H2,1-3H3/t13-,14?,15-,17+/m0/s1. The molecule has 2 fully saturated rings. The molecule has 4 atom stereocenters. The van der Waals surface area contributed by atoms with Crippen molar-refractivity contribution in [1.29, 1.82) is 0 Å². The summed E-state index contributed by atoms with van der Waals surface area (Å²) in [5.41, 5.74) is 0.348. The summed E-state index contributed by atoms with van der Waals surface area (Å²) in [7, 11) is 0. The average molecular weight is 250 g/mol. The number of Topliss-reactive ketones (excluding diaryl/α,β-unsaturated/α-hetero) is 1. The van der Waals surface area contributed by atoms with Crippen LogP contribution >= 0.6 is 0 Å². The number of fused-ring (bicyclic) bond motifs is 1. The summed E-state index contributed by atoms with van der Waals surface area (Å²) in [5, 5.41) is 0. The lowest BCUT2D eigenvalue weighted by atomic mass is 9.62. The summed E-state index contributed by atoms with van der Waals surface area (Å²) in [6, 6.07) is 0. The van der Waals surface area contributed by atoms with E-state index in [1.165, 1.54) is 44.9 Å². The van der Waals surface area contributed by atoms with Gasteiger partial charge in [0.1, 0.15) is 5.78 Å². The fraction of sp³-hybridized carbons (Fsp3) is 0.941. The van der Waals surface area contributed by atoms with Gasteiger partial charge in [-0.25, -0.2) is 0 Å². The van der Waals surface area contributed by atoms with Crippen LogP contribution in [-0.2, 0) is 4.79 Å². The number of carbonyl (C=O) groups excluding carboxylic acids is 1. The van der Waals surface area contributed by atoms with Crippen molar-refractivity contribution in [2.45, 2.75) is 78.6 Å². The second kappa shape index (κ2) is 5.75. The van der Waals surface area contributed by atoms with E-state index in [2.05, 4.69) is 20.8 Å². The van der Waals surface area contributed by atoms with Crippen molar-refractivity contribution in [3.63, 3.8) is 0 Å². The van der Waals surface area contributed by atoms with Crippen molar-refractivity contribution in [2.75, 3.05) is 0 Å². The molecule has 1 unspecified atom stereocenters. The molecule has 0 amide bonds. The zero-order chi connectivity index (χ0) is 13.2. The Hall–Kier alpha value is -0.330. The van der Waals surface area contributed by atoms with Crippen LogP contribution in [0.5, 0.6) is 0 Å². The highest BCUT2D eigenvalue weighted by Gasteiger charge is 2.52. The second-order valence-corrected chi connectivity index (χ2v) is 7.04. The highest BCUT2D eigenvalue weighted by molar-refractivity contribution is 5.83. The lowest BCUT2D eigenvalue weighted by molar-refractivity contribution is -0.130. The predicted molar refractivity (Wildman–Crippen MR) is 76.5 cm³/mol. The molecule has 2 saturated carbocycles. The molecular weight excluding hydrogens is 220 g/mol. The first-order chi connectivity index (χ1) is 8.59. The summed E-state index contributed by atoms with van der Waals surface area (Å²) in [6.07, 6.45) is 11.2. The minimum absolute atomic E-state index is 0.348. The average Bonchev–Trinajstić information content (AvgIpc) is 2.68. The third kappa shape index (κ3) is 2.51. The van der Waals surface area contributed by atoms with Gasteiger partial charge in [0.25, 0.3) is 0 Å². The zero-order valence-corrected chi connectivity index (χ0v) is 12.5. The minimum atomic E-state index is 0.348. The fourth-order valence-corrected chi connectivity index (χ4v) is 4.82. The number of carbonyl (C=O) groups is 1. The number of ketones is 1. The van der Waals surface area contributed by atoms with Crippen molar-refractivity contribution in [3.05, 3.63) is 0 Å². The number of hydrogen-bond acceptors (Lipinski definition) is 1. The van der Waals surface area contributed by atoms with Gasteiger partial charge in [0.05, 0.1) is 0 Å². The molecule has 0 heterocycles. The van der Waals surface area contributed by atoms with Crippen LogP contribution < -0.4 is 0 Å². The van der Waals surface area contributed by atoms with Crippen LogP contribution in [0.2, 0.25) is 0 Å². The van der Waals surface area contributed by atoms with E-state index in [0.29, 0.717) is 17.1 Å². The van der Waals surface area contributed by atoms with Crippen LogP contribution in [-0.4, -0.2) is 5.78 Å². The topological polar surface area (TPSA) is 17.1 Å². The Balaban J connectivity index is 1.99. The van der Waals surface area contributed by atoms with Gasteiger partial charge in [0.2, 0.25) is 0 Å². The van der Waals surface area contributed by atoms with E-state index in [-0.39, 0.29) is 0 Å². The maximum atomic E-state index is 12.1. The molecule has 1 nitrogen and oxygen atoms in total. The number of unbranched alkanes of at least 4 members (excludes halogenated alkanes) is 2. The summed E-state index contributed by atoms with van der Waals surface area (Å²) in [5.74, 6) is 2.61. The summed E-state index contributed by atoms with van der Waals surface area (Å²) in [4.78, 5) is 12.1. The Morgan fingerprint density at radius 2 is 2.11 bits per heavy atom. The Kier molecular flexibility index (Phi) is 4.50. The van der Waals surface area contributed by atoms with Crippen molar-refractivity contribution >= 4 is 5.78 Å². The second-order valence-electron chi connectivity index (χ2n) is 7.04. The smallest absolute Gasteiger partial charge is 0.136 e. The highest BCUT2D eigenvalue weighted by atomic mass is 16.1. The Morgan fingerprint density at radius 1 is 1.33 bits per heavy atom. The van der Waals surface area contributed by atoms with Crippen molar-refractivity contribution in [2.24, 2.45) is 23.2 Å². The zero-order valence-electron chi connectivity index (χ0n) is 12.5. The Bertz CT molecular complexity index is 296. The van der Waals surface area contributed by atoms with E-state index >= 15 is 0 Å². The van der Waals surface area contributed by atoms with Crippen molar-refractivity contribution in [1.82, 2.24) is 0 Å². The third-order valence-electron chi connectivity index (χ3n) is 5.89. The molecule has 0 N–H and O–H groups in total. The van der Waals surface area contributed by atoms with Gasteiger partial charge in [0.15, 0.2) is 0 Å². The summed E-state index contributed by atoms with van der Waals surface area (Å²) < 4.78 is 0. The van der Waals surface area contributed by atoms with E-state index in [4.69, 9.17) is 0 Å². The Morgan fingerprint density at radius 3 is 2.83 bits per heavy atom. The molecule has 104 valence electrons. The molecule has 0 bridgehead atoms. The first-order valence-electron chi connectivity index (χ1n) is 8.12. The molecule has 0 aromatic carbocycles. The largest absolute Gasteiger partial charge is 0.299 e. The van der Waals surface area contributed by atoms with Gasteiger partial charge in [-0.1, -0.05) is 46.5 Å². The van der Waals surface area contributed by atoms with E-state index in [1.54, 1.807) is 0 Å². The maximum absolute atomic E-state index is 12.1. The molecule has 0 aromatic rings. The SMILES string of the molecule is CCCCC[C@H](C)C1CC[C@H]2C(=O)CCC[C@]12C. The lowest BCUT2D eigenvalue weighted by Gasteiger charge is -2.42. The number of hydrogen-bond donors (Lipinski definition) is 0. The van der Waals surface area contributed by atoms with Crippen LogP contribution in [0.25, 0.3) is 0 Å². The molecule has 0 spiro atoms. The molecule has 18 heavy (non-hydrogen) atoms. The van der Waals surface area contributed by atoms with E-state index < -0.39 is 0 Å². The molecule has 0 saturated heterocycles. The highest BCUT2D eigenvalue weighted by Crippen LogP contribution is 2.57. The van der Waals surface area contributed by atoms with Gasteiger partial charge in [-0.2, -0.15) is 0 Å². The van der Waals surface area contributed by atoms with Gasteiger partial charge < -0.3 is 0 Å². The van der Waals surface area contributed by atoms with Crippen LogP contribution in [0.1, 0.15) is 78.6 Å². The lowest BCUT2D eigenvalue weighted by Crippen LogP contribution is -2.39. The van der Waals surface area contributed by atoms with Crippen molar-refractivity contribution in [3.8, 4) is 0 Å². The monoisotopic (exact) mass is 250 g/mol. The molecule has 0 radical (unpaired) electrons. The molecule has 1 heteroatoms. The van der Waals surface area contributed by atoms with Crippen molar-refractivity contribution < 1.29 is 4.79 Å². The molecule has 2 aliphatic rings. The van der Waals surface area contributed by atoms with Crippen LogP contribution in [0.15, 0.2) is 0 Å². The Labute approximate surface area is 113 Å². The summed E-state index contributed by atoms with van der Waals surface area (Å²) >= 11 is 0. The first kappa shape index (κ1) is 14.1. The van der Waals surface area contributed by atoms with Crippen LogP contribution in [0, 0.1) is 23.2 Å². The third-order valence-corrected chi connectivity index (χ3v) is 5.89. The van der Waals surface area contributed by atoms with Gasteiger partial charge in [0, 0.05) is 12.3 Å². The fourth-order valence-electron chi connectivity index (χ4n) is 4.82. The van der Waals surface area contributed by atoms with E-state index in [9.17, 15) is 4.79 Å². The molecular formula is C17H30O. The molecule has 0 aromatic heterocycles. The van der Waals surface area contributed by atoms with Gasteiger partial charge in [-0.05, 0) is 42.9 Å². The van der Waals surface area contributed by atoms with Gasteiger partial charge >= 0.3 is 0 Å². The minimum Gasteiger partial charge on any atom is -0.299 e. The number of rotatable bonds is 5. The van der Waals surface area contributed by atoms with Gasteiger partial charge in [-0.3, -0.25) is 4.79 Å². The quantitative estimate of drug-likeness (QED) is 0.628. The van der Waals surface area contributed by atoms with Crippen LogP contribution in [0.4, 0.5) is 0 Å². The van der Waals surface area contributed by atoms with E-state index in [0.717, 1.165) is 24.7 Å². The molecule has 2 rings (SSSR count). The molecule has 0 aliphatic heterocycles. The maximum Gasteiger partial charge on any atom is 0.136 e. The first-order valence-corrected chi connectivity index (χ1v) is 8.12. The van der Waals surface area contributed by atoms with Crippen LogP contribution in [0.3, 0.4) is 0 Å². The van der Waals surface area contributed by atoms with E-state index in [1.807, 2.05) is 0 Å². The normalized spacial score (nSPS) is 37.6.